The van der Waals surface area contributed by atoms with Crippen molar-refractivity contribution < 1.29 is 9.50 Å². The number of rotatable bonds is 2. The maximum atomic E-state index is 13.1. The normalized spacial score (nSPS) is 15.9. The van der Waals surface area contributed by atoms with Crippen molar-refractivity contribution in [1.82, 2.24) is 0 Å². The average molecular weight is 175 g/mol. The van der Waals surface area contributed by atoms with Gasteiger partial charge in [-0.1, -0.05) is 41.9 Å². The number of aliphatic hydroxyl groups is 1. The van der Waals surface area contributed by atoms with Gasteiger partial charge in [0.25, 0.3) is 0 Å². The molecule has 0 aliphatic carbocycles. The summed E-state index contributed by atoms with van der Waals surface area (Å²) < 4.78 is 13.1. The third-order valence-corrected chi connectivity index (χ3v) is 1.73. The summed E-state index contributed by atoms with van der Waals surface area (Å²) in [5, 5.41) is 6.40. The topological polar surface area (TPSA) is 20.2 Å². The molecule has 1 aromatic rings. The van der Waals surface area contributed by atoms with Gasteiger partial charge in [0.15, 0.2) is 0 Å². The Bertz CT molecular complexity index is 223. The number of hydrogen-bond donors (Lipinski definition) is 1. The van der Waals surface area contributed by atoms with E-state index in [0.717, 1.165) is 0 Å². The van der Waals surface area contributed by atoms with Crippen molar-refractivity contribution in [2.75, 3.05) is 6.61 Å². The Morgan fingerprint density at radius 1 is 1.36 bits per heavy atom. The lowest BCUT2D eigenvalue weighted by Crippen LogP contribution is -2.16. The summed E-state index contributed by atoms with van der Waals surface area (Å²) in [5.74, 6) is 0. The summed E-state index contributed by atoms with van der Waals surface area (Å²) in [6.45, 7) is -0.710. The average Bonchev–Trinajstić information content (AvgIpc) is 2.06. The Morgan fingerprint density at radius 3 is 2.36 bits per heavy atom. The molecule has 0 radical (unpaired) electrons. The van der Waals surface area contributed by atoms with E-state index in [4.69, 9.17) is 16.7 Å². The molecule has 1 N–H and O–H groups in total. The summed E-state index contributed by atoms with van der Waals surface area (Å²) >= 11 is 5.33. The quantitative estimate of drug-likeness (QED) is 0.681. The lowest BCUT2D eigenvalue weighted by atomic mass is 10.1. The minimum absolute atomic E-state index is 0.282. The first-order valence-electron chi connectivity index (χ1n) is 3.21. The van der Waals surface area contributed by atoms with Crippen LogP contribution in [0.5, 0.6) is 0 Å². The number of halogens is 2. The zero-order valence-electron chi connectivity index (χ0n) is 5.80. The second-order valence-corrected chi connectivity index (χ2v) is 2.83. The third kappa shape index (κ3) is 1.91. The Morgan fingerprint density at radius 2 is 1.91 bits per heavy atom. The van der Waals surface area contributed by atoms with Gasteiger partial charge in [-0.15, -0.1) is 0 Å². The van der Waals surface area contributed by atoms with Crippen LogP contribution in [0.15, 0.2) is 30.3 Å². The minimum atomic E-state index is -2.14. The van der Waals surface area contributed by atoms with Crippen molar-refractivity contribution in [3.63, 3.8) is 0 Å². The molecule has 60 valence electrons. The van der Waals surface area contributed by atoms with E-state index in [1.807, 2.05) is 0 Å². The van der Waals surface area contributed by atoms with Crippen LogP contribution in [0.4, 0.5) is 4.39 Å². The molecule has 0 bridgehead atoms. The molecule has 1 aromatic carbocycles. The fraction of sp³-hybridized carbons (Fsp3) is 0.250. The standard InChI is InChI=1S/C8H8ClFO/c9-8(10,6-11)7-4-2-1-3-5-7/h1-5,11H,6H2. The van der Waals surface area contributed by atoms with Crippen LogP contribution in [-0.2, 0) is 5.13 Å². The van der Waals surface area contributed by atoms with Gasteiger partial charge in [-0.05, 0) is 0 Å². The van der Waals surface area contributed by atoms with Crippen LogP contribution in [0.2, 0.25) is 0 Å². The van der Waals surface area contributed by atoms with Gasteiger partial charge in [0, 0.05) is 5.56 Å². The lowest BCUT2D eigenvalue weighted by molar-refractivity contribution is 0.144. The highest BCUT2D eigenvalue weighted by Crippen LogP contribution is 2.29. The Balaban J connectivity index is 2.93. The first-order valence-corrected chi connectivity index (χ1v) is 3.59. The molecule has 0 aromatic heterocycles. The van der Waals surface area contributed by atoms with Crippen molar-refractivity contribution in [2.45, 2.75) is 5.13 Å². The number of alkyl halides is 2. The molecule has 0 heterocycles. The minimum Gasteiger partial charge on any atom is -0.391 e. The molecule has 11 heavy (non-hydrogen) atoms. The predicted molar refractivity (Wildman–Crippen MR) is 42.2 cm³/mol. The van der Waals surface area contributed by atoms with Crippen molar-refractivity contribution in [1.29, 1.82) is 0 Å². The molecule has 0 saturated heterocycles. The number of benzene rings is 1. The largest absolute Gasteiger partial charge is 0.391 e. The molecule has 0 amide bonds. The fourth-order valence-electron chi connectivity index (χ4n) is 0.773. The van der Waals surface area contributed by atoms with Crippen LogP contribution < -0.4 is 0 Å². The third-order valence-electron chi connectivity index (χ3n) is 1.39. The van der Waals surface area contributed by atoms with Gasteiger partial charge in [0.2, 0.25) is 5.13 Å². The maximum absolute atomic E-state index is 13.1. The van der Waals surface area contributed by atoms with Crippen molar-refractivity contribution in [3.05, 3.63) is 35.9 Å². The summed E-state index contributed by atoms with van der Waals surface area (Å²) in [6.07, 6.45) is 0. The molecule has 1 rings (SSSR count). The zero-order valence-corrected chi connectivity index (χ0v) is 6.55. The first-order chi connectivity index (χ1) is 5.17. The smallest absolute Gasteiger partial charge is 0.231 e. The van der Waals surface area contributed by atoms with E-state index in [0.29, 0.717) is 0 Å². The van der Waals surface area contributed by atoms with Crippen molar-refractivity contribution in [3.8, 4) is 0 Å². The van der Waals surface area contributed by atoms with E-state index in [-0.39, 0.29) is 5.56 Å². The molecule has 0 aliphatic heterocycles. The Labute approximate surface area is 69.4 Å². The van der Waals surface area contributed by atoms with E-state index in [2.05, 4.69) is 0 Å². The predicted octanol–water partition coefficient (Wildman–Crippen LogP) is 2.04. The maximum Gasteiger partial charge on any atom is 0.231 e. The van der Waals surface area contributed by atoms with Crippen LogP contribution in [0.25, 0.3) is 0 Å². The van der Waals surface area contributed by atoms with Crippen LogP contribution in [-0.4, -0.2) is 11.7 Å². The zero-order chi connectivity index (χ0) is 8.32. The molecule has 0 saturated carbocycles. The SMILES string of the molecule is OCC(F)(Cl)c1ccccc1. The monoisotopic (exact) mass is 174 g/mol. The molecule has 1 unspecified atom stereocenters. The first kappa shape index (κ1) is 8.50. The molecule has 1 atom stereocenters. The molecule has 0 spiro atoms. The van der Waals surface area contributed by atoms with Gasteiger partial charge in [-0.2, -0.15) is 0 Å². The summed E-state index contributed by atoms with van der Waals surface area (Å²) in [4.78, 5) is 0. The molecule has 0 fully saturated rings. The van der Waals surface area contributed by atoms with Crippen LogP contribution in [0.1, 0.15) is 5.56 Å². The van der Waals surface area contributed by atoms with Crippen molar-refractivity contribution in [2.24, 2.45) is 0 Å². The molecule has 3 heteroatoms. The summed E-state index contributed by atoms with van der Waals surface area (Å²) in [7, 11) is 0. The number of hydrogen-bond acceptors (Lipinski definition) is 1. The highest BCUT2D eigenvalue weighted by molar-refractivity contribution is 6.23. The van der Waals surface area contributed by atoms with E-state index in [9.17, 15) is 4.39 Å². The van der Waals surface area contributed by atoms with Crippen LogP contribution >= 0.6 is 11.6 Å². The summed E-state index contributed by atoms with van der Waals surface area (Å²) in [6, 6.07) is 8.16. The van der Waals surface area contributed by atoms with Crippen LogP contribution in [0, 0.1) is 0 Å². The van der Waals surface area contributed by atoms with Gasteiger partial charge in [0.1, 0.15) is 0 Å². The van der Waals surface area contributed by atoms with Crippen LogP contribution in [0.3, 0.4) is 0 Å². The second-order valence-electron chi connectivity index (χ2n) is 2.23. The molecule has 0 aliphatic rings. The van der Waals surface area contributed by atoms with E-state index < -0.39 is 11.7 Å². The molecular formula is C8H8ClFO. The van der Waals surface area contributed by atoms with Gasteiger partial charge in [-0.3, -0.25) is 0 Å². The summed E-state index contributed by atoms with van der Waals surface area (Å²) in [5.41, 5.74) is 0.282. The number of aliphatic hydroxyl groups excluding tert-OH is 1. The van der Waals surface area contributed by atoms with Gasteiger partial charge >= 0.3 is 0 Å². The van der Waals surface area contributed by atoms with Gasteiger partial charge < -0.3 is 5.11 Å². The molecule has 1 nitrogen and oxygen atoms in total. The Kier molecular flexibility index (Phi) is 2.47. The van der Waals surface area contributed by atoms with E-state index >= 15 is 0 Å². The van der Waals surface area contributed by atoms with Gasteiger partial charge in [-0.25, -0.2) is 4.39 Å². The lowest BCUT2D eigenvalue weighted by Gasteiger charge is -2.14. The second kappa shape index (κ2) is 3.20. The fourth-order valence-corrected chi connectivity index (χ4v) is 0.899. The highest BCUT2D eigenvalue weighted by atomic mass is 35.5. The van der Waals surface area contributed by atoms with E-state index in [1.165, 1.54) is 12.1 Å². The van der Waals surface area contributed by atoms with Gasteiger partial charge in [0.05, 0.1) is 6.61 Å². The highest BCUT2D eigenvalue weighted by Gasteiger charge is 2.27. The Hall–Kier alpha value is -0.600. The van der Waals surface area contributed by atoms with E-state index in [1.54, 1.807) is 18.2 Å². The van der Waals surface area contributed by atoms with Crippen molar-refractivity contribution >= 4 is 11.6 Å². The molecular weight excluding hydrogens is 167 g/mol.